The van der Waals surface area contributed by atoms with Gasteiger partial charge >= 0.3 is 0 Å². The fourth-order valence-electron chi connectivity index (χ4n) is 3.94. The predicted molar refractivity (Wildman–Crippen MR) is 85.2 cm³/mol. The first-order valence-electron chi connectivity index (χ1n) is 8.06. The van der Waals surface area contributed by atoms with Crippen LogP contribution < -0.4 is 10.6 Å². The Balaban J connectivity index is 1.89. The summed E-state index contributed by atoms with van der Waals surface area (Å²) in [6.45, 7) is 3.85. The van der Waals surface area contributed by atoms with Crippen LogP contribution in [-0.4, -0.2) is 43.2 Å². The van der Waals surface area contributed by atoms with E-state index in [1.165, 1.54) is 12.8 Å². The van der Waals surface area contributed by atoms with Gasteiger partial charge in [-0.15, -0.1) is 0 Å². The number of para-hydroxylation sites is 1. The maximum absolute atomic E-state index is 14.5. The first-order chi connectivity index (χ1) is 10.1. The second-order valence-electron chi connectivity index (χ2n) is 6.71. The molecule has 3 nitrogen and oxygen atoms in total. The van der Waals surface area contributed by atoms with E-state index in [0.717, 1.165) is 37.2 Å². The summed E-state index contributed by atoms with van der Waals surface area (Å²) in [5, 5.41) is 0. The van der Waals surface area contributed by atoms with Crippen LogP contribution in [0.2, 0.25) is 0 Å². The van der Waals surface area contributed by atoms with Crippen LogP contribution in [-0.2, 0) is 6.42 Å². The predicted octanol–water partition coefficient (Wildman–Crippen LogP) is 2.39. The highest BCUT2D eigenvalue weighted by Gasteiger charge is 2.35. The number of anilines is 1. The van der Waals surface area contributed by atoms with Gasteiger partial charge in [0.1, 0.15) is 5.82 Å². The van der Waals surface area contributed by atoms with Gasteiger partial charge in [0.25, 0.3) is 0 Å². The Bertz CT molecular complexity index is 503. The number of fused-ring (bicyclic) bond motifs is 2. The molecule has 2 aliphatic heterocycles. The molecule has 2 saturated heterocycles. The number of nitrogens with two attached hydrogens (primary N) is 1. The van der Waals surface area contributed by atoms with Gasteiger partial charge in [-0.1, -0.05) is 12.1 Å². The highest BCUT2D eigenvalue weighted by atomic mass is 19.1. The van der Waals surface area contributed by atoms with Crippen LogP contribution in [0.3, 0.4) is 0 Å². The van der Waals surface area contributed by atoms with Crippen molar-refractivity contribution in [1.82, 2.24) is 4.90 Å². The number of hydrogen-bond acceptors (Lipinski definition) is 3. The van der Waals surface area contributed by atoms with E-state index in [2.05, 4.69) is 16.8 Å². The molecular weight excluding hydrogens is 265 g/mol. The number of benzene rings is 1. The number of hydrogen-bond donors (Lipinski definition) is 1. The lowest BCUT2D eigenvalue weighted by molar-refractivity contribution is 0.254. The van der Waals surface area contributed by atoms with E-state index in [1.807, 2.05) is 13.0 Å². The SMILES string of the molecule is CC(N)Cc1cccc(F)c1N1CCC2CCC(C1)N2C. The molecule has 0 spiro atoms. The molecule has 2 aliphatic rings. The minimum Gasteiger partial charge on any atom is -0.367 e. The molecule has 2 bridgehead atoms. The van der Waals surface area contributed by atoms with Crippen molar-refractivity contribution in [1.29, 1.82) is 0 Å². The van der Waals surface area contributed by atoms with Crippen molar-refractivity contribution < 1.29 is 4.39 Å². The van der Waals surface area contributed by atoms with Crippen molar-refractivity contribution in [3.05, 3.63) is 29.6 Å². The van der Waals surface area contributed by atoms with Crippen LogP contribution in [0.5, 0.6) is 0 Å². The summed E-state index contributed by atoms with van der Waals surface area (Å²) >= 11 is 0. The summed E-state index contributed by atoms with van der Waals surface area (Å²) in [4.78, 5) is 4.75. The third kappa shape index (κ3) is 2.92. The van der Waals surface area contributed by atoms with E-state index < -0.39 is 0 Å². The largest absolute Gasteiger partial charge is 0.367 e. The fraction of sp³-hybridized carbons (Fsp3) is 0.647. The number of rotatable bonds is 3. The van der Waals surface area contributed by atoms with Gasteiger partial charge in [-0.25, -0.2) is 4.39 Å². The third-order valence-corrected chi connectivity index (χ3v) is 5.08. The highest BCUT2D eigenvalue weighted by molar-refractivity contribution is 5.55. The number of likely N-dealkylation sites (N-methyl/N-ethyl adjacent to an activating group) is 1. The maximum atomic E-state index is 14.5. The van der Waals surface area contributed by atoms with Crippen LogP contribution >= 0.6 is 0 Å². The lowest BCUT2D eigenvalue weighted by atomic mass is 10.0. The summed E-state index contributed by atoms with van der Waals surface area (Å²) in [5.41, 5.74) is 7.77. The molecule has 0 amide bonds. The molecule has 3 atom stereocenters. The Kier molecular flexibility index (Phi) is 4.18. The van der Waals surface area contributed by atoms with Crippen molar-refractivity contribution in [2.45, 2.75) is 50.7 Å². The number of halogens is 1. The smallest absolute Gasteiger partial charge is 0.146 e. The Labute approximate surface area is 126 Å². The molecular formula is C17H26FN3. The van der Waals surface area contributed by atoms with Crippen LogP contribution in [0, 0.1) is 5.82 Å². The molecule has 1 aromatic rings. The van der Waals surface area contributed by atoms with Crippen molar-refractivity contribution >= 4 is 5.69 Å². The molecule has 0 radical (unpaired) electrons. The summed E-state index contributed by atoms with van der Waals surface area (Å²) in [6.07, 6.45) is 4.38. The van der Waals surface area contributed by atoms with Crippen LogP contribution in [0.25, 0.3) is 0 Å². The maximum Gasteiger partial charge on any atom is 0.146 e. The fourth-order valence-corrected chi connectivity index (χ4v) is 3.94. The van der Waals surface area contributed by atoms with Crippen LogP contribution in [0.15, 0.2) is 18.2 Å². The third-order valence-electron chi connectivity index (χ3n) is 5.08. The Hall–Kier alpha value is -1.13. The molecule has 2 N–H and O–H groups in total. The van der Waals surface area contributed by atoms with Crippen molar-refractivity contribution in [2.24, 2.45) is 5.73 Å². The van der Waals surface area contributed by atoms with Gasteiger partial charge in [0.05, 0.1) is 5.69 Å². The zero-order chi connectivity index (χ0) is 15.0. The standard InChI is InChI=1S/C17H26FN3/c1-12(19)10-13-4-3-5-16(18)17(13)21-9-8-14-6-7-15(11-21)20(14)2/h3-5,12,14-15H,6-11,19H2,1-2H3. The Morgan fingerprint density at radius 1 is 1.29 bits per heavy atom. The summed E-state index contributed by atoms with van der Waals surface area (Å²) in [7, 11) is 2.22. The minimum absolute atomic E-state index is 0.0525. The topological polar surface area (TPSA) is 32.5 Å². The van der Waals surface area contributed by atoms with Crippen molar-refractivity contribution in [2.75, 3.05) is 25.0 Å². The Morgan fingerprint density at radius 2 is 2.05 bits per heavy atom. The second-order valence-corrected chi connectivity index (χ2v) is 6.71. The van der Waals surface area contributed by atoms with Gasteiger partial charge < -0.3 is 10.6 Å². The van der Waals surface area contributed by atoms with Crippen LogP contribution in [0.4, 0.5) is 10.1 Å². The molecule has 0 aromatic heterocycles. The van der Waals surface area contributed by atoms with Crippen molar-refractivity contribution in [3.8, 4) is 0 Å². The monoisotopic (exact) mass is 291 g/mol. The van der Waals surface area contributed by atoms with Gasteiger partial charge in [0.2, 0.25) is 0 Å². The zero-order valence-electron chi connectivity index (χ0n) is 13.1. The molecule has 116 valence electrons. The molecule has 3 unspecified atom stereocenters. The second kappa shape index (κ2) is 5.93. The molecule has 2 fully saturated rings. The molecule has 1 aromatic carbocycles. The summed E-state index contributed by atoms with van der Waals surface area (Å²) in [6, 6.07) is 6.68. The summed E-state index contributed by atoms with van der Waals surface area (Å²) in [5.74, 6) is -0.103. The lowest BCUT2D eigenvalue weighted by Crippen LogP contribution is -2.37. The van der Waals surface area contributed by atoms with Gasteiger partial charge in [-0.3, -0.25) is 4.90 Å². The van der Waals surface area contributed by atoms with E-state index in [1.54, 1.807) is 12.1 Å². The molecule has 3 rings (SSSR count). The van der Waals surface area contributed by atoms with E-state index in [9.17, 15) is 4.39 Å². The van der Waals surface area contributed by atoms with E-state index in [0.29, 0.717) is 12.1 Å². The quantitative estimate of drug-likeness (QED) is 0.928. The molecule has 0 saturated carbocycles. The van der Waals surface area contributed by atoms with Crippen LogP contribution in [0.1, 0.15) is 31.7 Å². The lowest BCUT2D eigenvalue weighted by Gasteiger charge is -2.30. The number of nitrogens with zero attached hydrogens (tertiary/aromatic N) is 2. The van der Waals surface area contributed by atoms with Gasteiger partial charge in [-0.2, -0.15) is 0 Å². The molecule has 2 heterocycles. The van der Waals surface area contributed by atoms with Gasteiger partial charge in [0.15, 0.2) is 0 Å². The highest BCUT2D eigenvalue weighted by Crippen LogP contribution is 2.33. The van der Waals surface area contributed by atoms with E-state index >= 15 is 0 Å². The van der Waals surface area contributed by atoms with E-state index in [4.69, 9.17) is 5.73 Å². The molecule has 21 heavy (non-hydrogen) atoms. The van der Waals surface area contributed by atoms with E-state index in [-0.39, 0.29) is 11.9 Å². The average Bonchev–Trinajstić information content (AvgIpc) is 2.65. The molecule has 0 aliphatic carbocycles. The van der Waals surface area contributed by atoms with Gasteiger partial charge in [-0.05, 0) is 51.3 Å². The first kappa shape index (κ1) is 14.8. The zero-order valence-corrected chi connectivity index (χ0v) is 13.1. The van der Waals surface area contributed by atoms with Crippen molar-refractivity contribution in [3.63, 3.8) is 0 Å². The molecule has 4 heteroatoms. The normalized spacial score (nSPS) is 27.7. The average molecular weight is 291 g/mol. The Morgan fingerprint density at radius 3 is 2.81 bits per heavy atom. The van der Waals surface area contributed by atoms with Gasteiger partial charge in [0, 0.05) is 31.2 Å². The summed E-state index contributed by atoms with van der Waals surface area (Å²) < 4.78 is 14.5. The first-order valence-corrected chi connectivity index (χ1v) is 8.06. The minimum atomic E-state index is -0.103.